The largest absolute Gasteiger partial charge is 0.493 e. The first kappa shape index (κ1) is 9.26. The lowest BCUT2D eigenvalue weighted by Gasteiger charge is -2.22. The van der Waals surface area contributed by atoms with Crippen LogP contribution in [0.4, 0.5) is 0 Å². The second-order valence-corrected chi connectivity index (χ2v) is 4.80. The summed E-state index contributed by atoms with van der Waals surface area (Å²) >= 11 is 0. The SMILES string of the molecule is c1cc2c(cc1C1CCCCC1)OCC2. The Hall–Kier alpha value is -0.980. The Kier molecular flexibility index (Phi) is 2.40. The molecule has 1 heteroatoms. The molecule has 0 saturated heterocycles. The van der Waals surface area contributed by atoms with Gasteiger partial charge in [-0.3, -0.25) is 0 Å². The zero-order valence-electron chi connectivity index (χ0n) is 9.17. The van der Waals surface area contributed by atoms with Gasteiger partial charge in [-0.05, 0) is 36.0 Å². The molecular formula is C14H18O. The van der Waals surface area contributed by atoms with Crippen LogP contribution in [0.3, 0.4) is 0 Å². The van der Waals surface area contributed by atoms with Crippen molar-refractivity contribution in [3.8, 4) is 5.75 Å². The van der Waals surface area contributed by atoms with E-state index in [1.54, 1.807) is 0 Å². The molecule has 1 nitrogen and oxygen atoms in total. The van der Waals surface area contributed by atoms with Gasteiger partial charge >= 0.3 is 0 Å². The van der Waals surface area contributed by atoms with E-state index >= 15 is 0 Å². The molecule has 2 aliphatic rings. The lowest BCUT2D eigenvalue weighted by molar-refractivity contribution is 0.355. The van der Waals surface area contributed by atoms with E-state index in [2.05, 4.69) is 18.2 Å². The van der Waals surface area contributed by atoms with Crippen molar-refractivity contribution in [1.29, 1.82) is 0 Å². The molecule has 0 spiro atoms. The Morgan fingerprint density at radius 1 is 1.07 bits per heavy atom. The lowest BCUT2D eigenvalue weighted by Crippen LogP contribution is -2.04. The van der Waals surface area contributed by atoms with Crippen LogP contribution < -0.4 is 4.74 Å². The van der Waals surface area contributed by atoms with Crippen molar-refractivity contribution < 1.29 is 4.74 Å². The number of hydrogen-bond acceptors (Lipinski definition) is 1. The highest BCUT2D eigenvalue weighted by molar-refractivity contribution is 5.41. The van der Waals surface area contributed by atoms with Crippen LogP contribution in [0.2, 0.25) is 0 Å². The van der Waals surface area contributed by atoms with Gasteiger partial charge in [-0.2, -0.15) is 0 Å². The number of ether oxygens (including phenoxy) is 1. The predicted molar refractivity (Wildman–Crippen MR) is 61.5 cm³/mol. The number of benzene rings is 1. The minimum Gasteiger partial charge on any atom is -0.493 e. The van der Waals surface area contributed by atoms with E-state index in [-0.39, 0.29) is 0 Å². The van der Waals surface area contributed by atoms with Crippen LogP contribution in [0.1, 0.15) is 49.1 Å². The fraction of sp³-hybridized carbons (Fsp3) is 0.571. The van der Waals surface area contributed by atoms with Crippen LogP contribution in [0.15, 0.2) is 18.2 Å². The molecule has 1 aliphatic carbocycles. The number of hydrogen-bond donors (Lipinski definition) is 0. The van der Waals surface area contributed by atoms with Gasteiger partial charge in [0, 0.05) is 6.42 Å². The van der Waals surface area contributed by atoms with Crippen molar-refractivity contribution in [2.45, 2.75) is 44.4 Å². The molecule has 1 aromatic carbocycles. The second-order valence-electron chi connectivity index (χ2n) is 4.80. The van der Waals surface area contributed by atoms with Gasteiger partial charge in [-0.25, -0.2) is 0 Å². The van der Waals surface area contributed by atoms with Gasteiger partial charge in [0.25, 0.3) is 0 Å². The summed E-state index contributed by atoms with van der Waals surface area (Å²) in [5.41, 5.74) is 2.91. The Bertz CT molecular complexity index is 350. The maximum Gasteiger partial charge on any atom is 0.122 e. The van der Waals surface area contributed by atoms with E-state index in [0.717, 1.165) is 24.7 Å². The highest BCUT2D eigenvalue weighted by Crippen LogP contribution is 2.36. The fourth-order valence-corrected chi connectivity index (χ4v) is 2.87. The molecule has 1 fully saturated rings. The number of rotatable bonds is 1. The van der Waals surface area contributed by atoms with E-state index < -0.39 is 0 Å². The zero-order valence-corrected chi connectivity index (χ0v) is 9.17. The minimum absolute atomic E-state index is 0.799. The van der Waals surface area contributed by atoms with E-state index in [1.165, 1.54) is 43.2 Å². The van der Waals surface area contributed by atoms with E-state index in [0.29, 0.717) is 0 Å². The van der Waals surface area contributed by atoms with E-state index in [4.69, 9.17) is 4.74 Å². The first-order valence-corrected chi connectivity index (χ1v) is 6.19. The first-order valence-electron chi connectivity index (χ1n) is 6.19. The monoisotopic (exact) mass is 202 g/mol. The lowest BCUT2D eigenvalue weighted by atomic mass is 9.84. The van der Waals surface area contributed by atoms with Crippen molar-refractivity contribution >= 4 is 0 Å². The Morgan fingerprint density at radius 3 is 2.80 bits per heavy atom. The van der Waals surface area contributed by atoms with Gasteiger partial charge in [0.2, 0.25) is 0 Å². The summed E-state index contributed by atoms with van der Waals surface area (Å²) < 4.78 is 5.63. The van der Waals surface area contributed by atoms with Crippen LogP contribution in [0, 0.1) is 0 Å². The van der Waals surface area contributed by atoms with Crippen LogP contribution in [0.25, 0.3) is 0 Å². The van der Waals surface area contributed by atoms with Crippen molar-refractivity contribution in [1.82, 2.24) is 0 Å². The maximum absolute atomic E-state index is 5.63. The molecule has 1 aromatic rings. The minimum atomic E-state index is 0.799. The summed E-state index contributed by atoms with van der Waals surface area (Å²) in [6.45, 7) is 0.878. The van der Waals surface area contributed by atoms with Gasteiger partial charge in [-0.1, -0.05) is 31.4 Å². The topological polar surface area (TPSA) is 9.23 Å². The summed E-state index contributed by atoms with van der Waals surface area (Å²) in [5, 5.41) is 0. The van der Waals surface area contributed by atoms with Gasteiger partial charge < -0.3 is 4.74 Å². The number of fused-ring (bicyclic) bond motifs is 1. The first-order chi connectivity index (χ1) is 7.43. The summed E-state index contributed by atoms with van der Waals surface area (Å²) in [5.74, 6) is 1.95. The van der Waals surface area contributed by atoms with Gasteiger partial charge in [0.1, 0.15) is 5.75 Å². The molecular weight excluding hydrogens is 184 g/mol. The third-order valence-electron chi connectivity index (χ3n) is 3.80. The summed E-state index contributed by atoms with van der Waals surface area (Å²) in [6, 6.07) is 6.88. The van der Waals surface area contributed by atoms with E-state index in [9.17, 15) is 0 Å². The smallest absolute Gasteiger partial charge is 0.122 e. The van der Waals surface area contributed by atoms with E-state index in [1.807, 2.05) is 0 Å². The zero-order chi connectivity index (χ0) is 10.1. The summed E-state index contributed by atoms with van der Waals surface area (Å²) in [6.07, 6.45) is 8.08. The van der Waals surface area contributed by atoms with Crippen molar-refractivity contribution in [2.75, 3.05) is 6.61 Å². The van der Waals surface area contributed by atoms with Crippen molar-refractivity contribution in [3.63, 3.8) is 0 Å². The van der Waals surface area contributed by atoms with Crippen molar-refractivity contribution in [3.05, 3.63) is 29.3 Å². The van der Waals surface area contributed by atoms with Crippen LogP contribution in [-0.4, -0.2) is 6.61 Å². The second kappa shape index (κ2) is 3.88. The molecule has 0 amide bonds. The normalized spacial score (nSPS) is 21.1. The van der Waals surface area contributed by atoms with Crippen LogP contribution >= 0.6 is 0 Å². The molecule has 80 valence electrons. The quantitative estimate of drug-likeness (QED) is 0.675. The third kappa shape index (κ3) is 1.75. The Morgan fingerprint density at radius 2 is 1.93 bits per heavy atom. The molecule has 0 unspecified atom stereocenters. The molecule has 1 aliphatic heterocycles. The fourth-order valence-electron chi connectivity index (χ4n) is 2.87. The van der Waals surface area contributed by atoms with Crippen LogP contribution in [-0.2, 0) is 6.42 Å². The molecule has 0 N–H and O–H groups in total. The summed E-state index contributed by atoms with van der Waals surface area (Å²) in [7, 11) is 0. The van der Waals surface area contributed by atoms with Crippen molar-refractivity contribution in [2.24, 2.45) is 0 Å². The highest BCUT2D eigenvalue weighted by Gasteiger charge is 2.18. The average molecular weight is 202 g/mol. The molecule has 0 atom stereocenters. The summed E-state index contributed by atoms with van der Waals surface area (Å²) in [4.78, 5) is 0. The van der Waals surface area contributed by atoms with Gasteiger partial charge in [-0.15, -0.1) is 0 Å². The molecule has 1 heterocycles. The molecule has 1 saturated carbocycles. The molecule has 0 radical (unpaired) electrons. The predicted octanol–water partition coefficient (Wildman–Crippen LogP) is 3.67. The third-order valence-corrected chi connectivity index (χ3v) is 3.80. The molecule has 3 rings (SSSR count). The Balaban J connectivity index is 1.85. The molecule has 0 aromatic heterocycles. The maximum atomic E-state index is 5.63. The van der Waals surface area contributed by atoms with Gasteiger partial charge in [0.15, 0.2) is 0 Å². The molecule has 15 heavy (non-hydrogen) atoms. The highest BCUT2D eigenvalue weighted by atomic mass is 16.5. The average Bonchev–Trinajstić information content (AvgIpc) is 2.77. The van der Waals surface area contributed by atoms with Crippen LogP contribution in [0.5, 0.6) is 5.75 Å². The van der Waals surface area contributed by atoms with Gasteiger partial charge in [0.05, 0.1) is 6.61 Å². The standard InChI is InChI=1S/C14H18O/c1-2-4-11(5-3-1)13-7-6-12-8-9-15-14(12)10-13/h6-7,10-11H,1-5,8-9H2. The Labute approximate surface area is 91.5 Å². The molecule has 0 bridgehead atoms.